The molecule has 6 heteroatoms. The van der Waals surface area contributed by atoms with Crippen LogP contribution in [0.3, 0.4) is 0 Å². The topological polar surface area (TPSA) is 78.4 Å². The number of urea groups is 1. The van der Waals surface area contributed by atoms with Crippen molar-refractivity contribution in [3.8, 4) is 0 Å². The van der Waals surface area contributed by atoms with E-state index in [9.17, 15) is 9.59 Å². The normalized spacial score (nSPS) is 11.6. The smallest absolute Gasteiger partial charge is 0.314 e. The van der Waals surface area contributed by atoms with Gasteiger partial charge in [0.05, 0.1) is 5.92 Å². The summed E-state index contributed by atoms with van der Waals surface area (Å²) in [5, 5.41) is 13.7. The van der Waals surface area contributed by atoms with E-state index in [2.05, 4.69) is 17.2 Å². The second-order valence-corrected chi connectivity index (χ2v) is 4.39. The van der Waals surface area contributed by atoms with Gasteiger partial charge in [0.15, 0.2) is 0 Å². The summed E-state index contributed by atoms with van der Waals surface area (Å²) in [6.45, 7) is 5.83. The fourth-order valence-electron chi connectivity index (χ4n) is 0.799. The molecule has 0 aliphatic carbocycles. The number of carboxylic acids is 1. The van der Waals surface area contributed by atoms with Gasteiger partial charge in [-0.3, -0.25) is 4.79 Å². The number of nitrogens with one attached hydrogen (secondary N) is 2. The Morgan fingerprint density at radius 1 is 1.50 bits per heavy atom. The molecule has 0 fully saturated rings. The highest BCUT2D eigenvalue weighted by atomic mass is 32.2. The minimum Gasteiger partial charge on any atom is -0.481 e. The monoisotopic (exact) mass is 246 g/mol. The van der Waals surface area contributed by atoms with E-state index in [1.165, 1.54) is 0 Å². The molecule has 1 unspecified atom stereocenters. The lowest BCUT2D eigenvalue weighted by Crippen LogP contribution is -2.40. The minimum absolute atomic E-state index is 0.140. The average Bonchev–Trinajstić information content (AvgIpc) is 2.25. The van der Waals surface area contributed by atoms with Gasteiger partial charge in [0.1, 0.15) is 0 Å². The second-order valence-electron chi connectivity index (χ2n) is 3.24. The predicted octanol–water partition coefficient (Wildman–Crippen LogP) is 0.925. The molecular weight excluding hydrogens is 228 g/mol. The average molecular weight is 246 g/mol. The van der Waals surface area contributed by atoms with Gasteiger partial charge in [0, 0.05) is 24.6 Å². The van der Waals surface area contributed by atoms with Crippen LogP contribution < -0.4 is 10.6 Å². The van der Waals surface area contributed by atoms with Crippen LogP contribution >= 0.6 is 11.8 Å². The Labute approximate surface area is 99.7 Å². The minimum atomic E-state index is -0.915. The Balaban J connectivity index is 3.44. The number of carboxylic acid groups (broad SMARTS) is 1. The first-order chi connectivity index (χ1) is 7.57. The van der Waals surface area contributed by atoms with Crippen LogP contribution in [-0.2, 0) is 4.79 Å². The van der Waals surface area contributed by atoms with E-state index in [0.717, 1.165) is 11.5 Å². The molecule has 92 valence electrons. The maximum Gasteiger partial charge on any atom is 0.314 e. The van der Waals surface area contributed by atoms with Crippen LogP contribution in [0.4, 0.5) is 4.79 Å². The molecule has 0 spiro atoms. The van der Waals surface area contributed by atoms with Gasteiger partial charge in [-0.25, -0.2) is 4.79 Å². The van der Waals surface area contributed by atoms with E-state index in [0.29, 0.717) is 6.54 Å². The summed E-state index contributed by atoms with van der Waals surface area (Å²) in [5.41, 5.74) is 0. The van der Waals surface area contributed by atoms with Crippen molar-refractivity contribution in [2.24, 2.45) is 5.92 Å². The molecule has 16 heavy (non-hydrogen) atoms. The quantitative estimate of drug-likeness (QED) is 0.440. The molecule has 2 amide bonds. The number of amides is 2. The van der Waals surface area contributed by atoms with Crippen LogP contribution in [0.1, 0.15) is 6.92 Å². The fraction of sp³-hybridized carbons (Fsp3) is 0.600. The largest absolute Gasteiger partial charge is 0.481 e. The number of hydrogen-bond donors (Lipinski definition) is 3. The van der Waals surface area contributed by atoms with E-state index in [1.54, 1.807) is 24.8 Å². The maximum atomic E-state index is 11.2. The molecule has 3 N–H and O–H groups in total. The maximum absolute atomic E-state index is 11.2. The van der Waals surface area contributed by atoms with E-state index in [-0.39, 0.29) is 12.6 Å². The van der Waals surface area contributed by atoms with E-state index in [4.69, 9.17) is 5.11 Å². The fourth-order valence-corrected chi connectivity index (χ4v) is 1.38. The number of aliphatic carboxylic acids is 1. The molecule has 1 atom stereocenters. The van der Waals surface area contributed by atoms with Crippen molar-refractivity contribution in [2.45, 2.75) is 6.92 Å². The lowest BCUT2D eigenvalue weighted by atomic mass is 10.2. The lowest BCUT2D eigenvalue weighted by Gasteiger charge is -2.09. The predicted molar refractivity (Wildman–Crippen MR) is 65.7 cm³/mol. The van der Waals surface area contributed by atoms with Crippen molar-refractivity contribution in [2.75, 3.05) is 24.6 Å². The zero-order valence-corrected chi connectivity index (χ0v) is 10.2. The van der Waals surface area contributed by atoms with Crippen LogP contribution in [0.15, 0.2) is 12.7 Å². The van der Waals surface area contributed by atoms with Crippen molar-refractivity contribution in [3.05, 3.63) is 12.7 Å². The SMILES string of the molecule is C=CCSCCNC(=O)NCC(C)C(=O)O. The zero-order chi connectivity index (χ0) is 12.4. The molecule has 0 saturated heterocycles. The molecule has 0 aromatic carbocycles. The third-order valence-corrected chi connectivity index (χ3v) is 2.72. The molecule has 0 aliphatic heterocycles. The van der Waals surface area contributed by atoms with Gasteiger partial charge in [-0.2, -0.15) is 11.8 Å². The van der Waals surface area contributed by atoms with Crippen molar-refractivity contribution in [1.82, 2.24) is 10.6 Å². The van der Waals surface area contributed by atoms with Crippen molar-refractivity contribution >= 4 is 23.8 Å². The second kappa shape index (κ2) is 9.08. The highest BCUT2D eigenvalue weighted by molar-refractivity contribution is 7.99. The van der Waals surface area contributed by atoms with Gasteiger partial charge in [-0.05, 0) is 0 Å². The first-order valence-electron chi connectivity index (χ1n) is 5.01. The molecule has 0 aliphatic rings. The van der Waals surface area contributed by atoms with E-state index < -0.39 is 11.9 Å². The van der Waals surface area contributed by atoms with Crippen LogP contribution in [0.5, 0.6) is 0 Å². The summed E-state index contributed by atoms with van der Waals surface area (Å²) in [4.78, 5) is 21.6. The number of carbonyl (C=O) groups is 2. The molecule has 0 aromatic heterocycles. The summed E-state index contributed by atoms with van der Waals surface area (Å²) in [5.74, 6) is 0.190. The van der Waals surface area contributed by atoms with Crippen LogP contribution in [0.2, 0.25) is 0 Å². The summed E-state index contributed by atoms with van der Waals surface area (Å²) in [6, 6.07) is -0.327. The number of thioether (sulfide) groups is 1. The Kier molecular flexibility index (Phi) is 8.42. The van der Waals surface area contributed by atoms with Gasteiger partial charge in [-0.15, -0.1) is 6.58 Å². The Morgan fingerprint density at radius 3 is 2.75 bits per heavy atom. The first kappa shape index (κ1) is 14.8. The molecule has 0 heterocycles. The van der Waals surface area contributed by atoms with Gasteiger partial charge < -0.3 is 15.7 Å². The Hall–Kier alpha value is -1.17. The first-order valence-corrected chi connectivity index (χ1v) is 6.16. The van der Waals surface area contributed by atoms with Gasteiger partial charge in [-0.1, -0.05) is 13.0 Å². The third-order valence-electron chi connectivity index (χ3n) is 1.76. The zero-order valence-electron chi connectivity index (χ0n) is 9.36. The van der Waals surface area contributed by atoms with Crippen molar-refractivity contribution in [3.63, 3.8) is 0 Å². The van der Waals surface area contributed by atoms with E-state index >= 15 is 0 Å². The summed E-state index contributed by atoms with van der Waals surface area (Å²) in [6.07, 6.45) is 1.80. The highest BCUT2D eigenvalue weighted by Gasteiger charge is 2.11. The molecule has 0 bridgehead atoms. The summed E-state index contributed by atoms with van der Waals surface area (Å²) >= 11 is 1.67. The standard InChI is InChI=1S/C10H18N2O3S/c1-3-5-16-6-4-11-10(15)12-7-8(2)9(13)14/h3,8H,1,4-7H2,2H3,(H,13,14)(H2,11,12,15). The third kappa shape index (κ3) is 8.16. The van der Waals surface area contributed by atoms with Gasteiger partial charge in [0.25, 0.3) is 0 Å². The van der Waals surface area contributed by atoms with Gasteiger partial charge >= 0.3 is 12.0 Å². The molecule has 0 aromatic rings. The van der Waals surface area contributed by atoms with Gasteiger partial charge in [0.2, 0.25) is 0 Å². The van der Waals surface area contributed by atoms with Crippen LogP contribution in [0, 0.1) is 5.92 Å². The Morgan fingerprint density at radius 2 is 2.19 bits per heavy atom. The molecular formula is C10H18N2O3S. The lowest BCUT2D eigenvalue weighted by molar-refractivity contribution is -0.140. The molecule has 0 radical (unpaired) electrons. The highest BCUT2D eigenvalue weighted by Crippen LogP contribution is 1.96. The van der Waals surface area contributed by atoms with E-state index in [1.807, 2.05) is 0 Å². The van der Waals surface area contributed by atoms with Crippen LogP contribution in [0.25, 0.3) is 0 Å². The van der Waals surface area contributed by atoms with Crippen LogP contribution in [-0.4, -0.2) is 41.7 Å². The van der Waals surface area contributed by atoms with Crippen molar-refractivity contribution in [1.29, 1.82) is 0 Å². The number of hydrogen-bond acceptors (Lipinski definition) is 3. The summed E-state index contributed by atoms with van der Waals surface area (Å²) in [7, 11) is 0. The molecule has 0 rings (SSSR count). The number of rotatable bonds is 8. The van der Waals surface area contributed by atoms with Crippen molar-refractivity contribution < 1.29 is 14.7 Å². The molecule has 0 saturated carbocycles. The number of carbonyl (C=O) groups excluding carboxylic acids is 1. The summed E-state index contributed by atoms with van der Waals surface area (Å²) < 4.78 is 0. The Bertz CT molecular complexity index is 246. The molecule has 5 nitrogen and oxygen atoms in total.